The zero-order chi connectivity index (χ0) is 15.0. The monoisotopic (exact) mass is 283 g/mol. The van der Waals surface area contributed by atoms with E-state index in [1.165, 1.54) is 0 Å². The summed E-state index contributed by atoms with van der Waals surface area (Å²) < 4.78 is 5.29. The zero-order valence-electron chi connectivity index (χ0n) is 10.7. The largest absolute Gasteiger partial charge is 0.491 e. The molecule has 7 nitrogen and oxygen atoms in total. The van der Waals surface area contributed by atoms with E-state index >= 15 is 0 Å². The van der Waals surface area contributed by atoms with Gasteiger partial charge in [-0.15, -0.1) is 0 Å². The van der Waals surface area contributed by atoms with E-state index in [0.29, 0.717) is 5.75 Å². The molecule has 0 fully saturated rings. The first kappa shape index (κ1) is 15.9. The summed E-state index contributed by atoms with van der Waals surface area (Å²) in [5, 5.41) is 29.5. The molecule has 0 aliphatic heterocycles. The summed E-state index contributed by atoms with van der Waals surface area (Å²) in [7, 11) is 0. The Morgan fingerprint density at radius 2 is 1.85 bits per heavy atom. The van der Waals surface area contributed by atoms with Crippen LogP contribution in [0.2, 0.25) is 0 Å². The number of aliphatic carboxylic acids is 2. The maximum Gasteiger partial charge on any atom is 0.321 e. The standard InChI is InChI=1S/C13H17NO6/c15-9(8-20-10-4-2-1-3-5-10)7-14-11(13(18)19)6-12(16)17/h1-5,9,11,14-15H,6-8H2,(H,16,17)(H,18,19)/t9-,11-/m0/s1. The predicted octanol–water partition coefficient (Wildman–Crippen LogP) is -0.0562. The van der Waals surface area contributed by atoms with E-state index in [-0.39, 0.29) is 13.2 Å². The second kappa shape index (κ2) is 8.13. The van der Waals surface area contributed by atoms with Crippen LogP contribution >= 0.6 is 0 Å². The van der Waals surface area contributed by atoms with Crippen molar-refractivity contribution in [2.45, 2.75) is 18.6 Å². The number of hydrogen-bond donors (Lipinski definition) is 4. The third-order valence-electron chi connectivity index (χ3n) is 2.46. The van der Waals surface area contributed by atoms with E-state index in [2.05, 4.69) is 5.32 Å². The van der Waals surface area contributed by atoms with E-state index < -0.39 is 30.5 Å². The van der Waals surface area contributed by atoms with Gasteiger partial charge in [-0.3, -0.25) is 9.59 Å². The molecule has 4 N–H and O–H groups in total. The number of carboxylic acids is 2. The normalized spacial score (nSPS) is 13.4. The first-order valence-corrected chi connectivity index (χ1v) is 6.03. The molecular weight excluding hydrogens is 266 g/mol. The summed E-state index contributed by atoms with van der Waals surface area (Å²) in [5.74, 6) is -1.91. The summed E-state index contributed by atoms with van der Waals surface area (Å²) in [6.07, 6.45) is -1.49. The molecule has 2 atom stereocenters. The average Bonchev–Trinajstić information content (AvgIpc) is 2.41. The van der Waals surface area contributed by atoms with Crippen LogP contribution in [0.25, 0.3) is 0 Å². The lowest BCUT2D eigenvalue weighted by Gasteiger charge is -2.16. The van der Waals surface area contributed by atoms with Gasteiger partial charge in [0.2, 0.25) is 0 Å². The molecule has 0 aliphatic rings. The van der Waals surface area contributed by atoms with Crippen molar-refractivity contribution in [1.82, 2.24) is 5.32 Å². The van der Waals surface area contributed by atoms with Gasteiger partial charge in [-0.1, -0.05) is 18.2 Å². The fourth-order valence-corrected chi connectivity index (χ4v) is 1.47. The molecule has 0 amide bonds. The number of nitrogens with one attached hydrogen (secondary N) is 1. The molecule has 20 heavy (non-hydrogen) atoms. The summed E-state index contributed by atoms with van der Waals surface area (Å²) in [4.78, 5) is 21.3. The smallest absolute Gasteiger partial charge is 0.321 e. The lowest BCUT2D eigenvalue weighted by Crippen LogP contribution is -2.43. The van der Waals surface area contributed by atoms with E-state index in [0.717, 1.165) is 0 Å². The number of aliphatic hydroxyl groups is 1. The van der Waals surface area contributed by atoms with Crippen molar-refractivity contribution in [3.8, 4) is 5.75 Å². The van der Waals surface area contributed by atoms with Gasteiger partial charge in [0.05, 0.1) is 6.42 Å². The number of aliphatic hydroxyl groups excluding tert-OH is 1. The van der Waals surface area contributed by atoms with E-state index in [1.54, 1.807) is 24.3 Å². The van der Waals surface area contributed by atoms with Crippen LogP contribution < -0.4 is 10.1 Å². The van der Waals surface area contributed by atoms with Gasteiger partial charge >= 0.3 is 11.9 Å². The van der Waals surface area contributed by atoms with Crippen LogP contribution in [0.4, 0.5) is 0 Å². The number of para-hydroxylation sites is 1. The van der Waals surface area contributed by atoms with Crippen LogP contribution in [-0.4, -0.2) is 52.6 Å². The number of benzene rings is 1. The predicted molar refractivity (Wildman–Crippen MR) is 69.6 cm³/mol. The molecule has 0 saturated heterocycles. The van der Waals surface area contributed by atoms with Crippen molar-refractivity contribution >= 4 is 11.9 Å². The van der Waals surface area contributed by atoms with Crippen LogP contribution in [0.3, 0.4) is 0 Å². The van der Waals surface area contributed by atoms with Gasteiger partial charge in [-0.05, 0) is 12.1 Å². The van der Waals surface area contributed by atoms with Crippen LogP contribution in [0, 0.1) is 0 Å². The fraction of sp³-hybridized carbons (Fsp3) is 0.385. The highest BCUT2D eigenvalue weighted by Crippen LogP contribution is 2.08. The van der Waals surface area contributed by atoms with Gasteiger partial charge in [0, 0.05) is 6.54 Å². The maximum absolute atomic E-state index is 10.8. The van der Waals surface area contributed by atoms with Crippen molar-refractivity contribution in [1.29, 1.82) is 0 Å². The molecule has 0 aromatic heterocycles. The lowest BCUT2D eigenvalue weighted by molar-refractivity contribution is -0.146. The highest BCUT2D eigenvalue weighted by Gasteiger charge is 2.21. The highest BCUT2D eigenvalue weighted by molar-refractivity contribution is 5.80. The fourth-order valence-electron chi connectivity index (χ4n) is 1.47. The Morgan fingerprint density at radius 3 is 2.40 bits per heavy atom. The Morgan fingerprint density at radius 1 is 1.20 bits per heavy atom. The van der Waals surface area contributed by atoms with Crippen LogP contribution in [0.15, 0.2) is 30.3 Å². The Bertz CT molecular complexity index is 436. The van der Waals surface area contributed by atoms with Crippen molar-refractivity contribution in [2.75, 3.05) is 13.2 Å². The zero-order valence-corrected chi connectivity index (χ0v) is 10.7. The number of carboxylic acid groups (broad SMARTS) is 2. The van der Waals surface area contributed by atoms with Gasteiger partial charge in [0.25, 0.3) is 0 Å². The summed E-state index contributed by atoms with van der Waals surface area (Å²) in [6.45, 7) is -0.0898. The maximum atomic E-state index is 10.8. The van der Waals surface area contributed by atoms with Crippen molar-refractivity contribution in [3.05, 3.63) is 30.3 Å². The molecule has 7 heteroatoms. The van der Waals surface area contributed by atoms with Gasteiger partial charge in [0.15, 0.2) is 0 Å². The Balaban J connectivity index is 2.32. The quantitative estimate of drug-likeness (QED) is 0.502. The third kappa shape index (κ3) is 6.17. The molecule has 0 aliphatic carbocycles. The molecule has 0 radical (unpaired) electrons. The molecule has 1 rings (SSSR count). The van der Waals surface area contributed by atoms with Gasteiger partial charge in [0.1, 0.15) is 24.5 Å². The van der Waals surface area contributed by atoms with Crippen LogP contribution in [0.1, 0.15) is 6.42 Å². The van der Waals surface area contributed by atoms with E-state index in [9.17, 15) is 14.7 Å². The minimum absolute atomic E-state index is 0.0174. The van der Waals surface area contributed by atoms with E-state index in [4.69, 9.17) is 14.9 Å². The minimum Gasteiger partial charge on any atom is -0.491 e. The summed E-state index contributed by atoms with van der Waals surface area (Å²) >= 11 is 0. The molecule has 110 valence electrons. The highest BCUT2D eigenvalue weighted by atomic mass is 16.5. The second-order valence-electron chi connectivity index (χ2n) is 4.17. The van der Waals surface area contributed by atoms with E-state index in [1.807, 2.05) is 6.07 Å². The molecule has 0 spiro atoms. The third-order valence-corrected chi connectivity index (χ3v) is 2.46. The van der Waals surface area contributed by atoms with Crippen LogP contribution in [0.5, 0.6) is 5.75 Å². The molecule has 1 aromatic carbocycles. The average molecular weight is 283 g/mol. The molecular formula is C13H17NO6. The molecule has 0 bridgehead atoms. The Hall–Kier alpha value is -2.12. The summed E-state index contributed by atoms with van der Waals surface area (Å²) in [5.41, 5.74) is 0. The minimum atomic E-state index is -1.27. The van der Waals surface area contributed by atoms with Crippen molar-refractivity contribution in [2.24, 2.45) is 0 Å². The molecule has 0 saturated carbocycles. The number of hydrogen-bond acceptors (Lipinski definition) is 5. The Labute approximate surface area is 115 Å². The Kier molecular flexibility index (Phi) is 6.48. The molecule has 1 aromatic rings. The van der Waals surface area contributed by atoms with Crippen molar-refractivity contribution < 1.29 is 29.6 Å². The van der Waals surface area contributed by atoms with Crippen LogP contribution in [-0.2, 0) is 9.59 Å². The topological polar surface area (TPSA) is 116 Å². The number of carbonyl (C=O) groups is 2. The first-order valence-electron chi connectivity index (χ1n) is 6.03. The SMILES string of the molecule is O=C(O)C[C@H](NC[C@H](O)COc1ccccc1)C(=O)O. The lowest BCUT2D eigenvalue weighted by atomic mass is 10.2. The number of rotatable bonds is 9. The van der Waals surface area contributed by atoms with Gasteiger partial charge in [-0.25, -0.2) is 0 Å². The first-order chi connectivity index (χ1) is 9.49. The number of ether oxygens (including phenoxy) is 1. The van der Waals surface area contributed by atoms with Gasteiger partial charge < -0.3 is 25.4 Å². The molecule has 0 unspecified atom stereocenters. The summed E-state index contributed by atoms with van der Waals surface area (Å²) in [6, 6.07) is 7.61. The molecule has 0 heterocycles. The van der Waals surface area contributed by atoms with Gasteiger partial charge in [-0.2, -0.15) is 0 Å². The van der Waals surface area contributed by atoms with Crippen molar-refractivity contribution in [3.63, 3.8) is 0 Å². The second-order valence-corrected chi connectivity index (χ2v) is 4.17.